The fourth-order valence-electron chi connectivity index (χ4n) is 5.00. The van der Waals surface area contributed by atoms with Gasteiger partial charge in [0.1, 0.15) is 6.17 Å². The van der Waals surface area contributed by atoms with Crippen LogP contribution in [0.5, 0.6) is 0 Å². The van der Waals surface area contributed by atoms with Crippen molar-refractivity contribution in [1.29, 1.82) is 0 Å². The highest BCUT2D eigenvalue weighted by molar-refractivity contribution is 5.93. The number of fused-ring (bicyclic) bond motifs is 1. The maximum atomic E-state index is 13.9. The molecule has 3 aliphatic rings. The predicted molar refractivity (Wildman–Crippen MR) is 90.1 cm³/mol. The van der Waals surface area contributed by atoms with Crippen molar-refractivity contribution in [2.75, 3.05) is 26.7 Å². The van der Waals surface area contributed by atoms with Gasteiger partial charge < -0.3 is 4.90 Å². The average Bonchev–Trinajstić information content (AvgIpc) is 2.57. The largest absolute Gasteiger partial charge is 0.303 e. The Labute approximate surface area is 147 Å². The van der Waals surface area contributed by atoms with Crippen LogP contribution in [0.15, 0.2) is 12.3 Å². The summed E-state index contributed by atoms with van der Waals surface area (Å²) in [4.78, 5) is 20.5. The number of rotatable bonds is 2. The summed E-state index contributed by atoms with van der Waals surface area (Å²) in [6.07, 6.45) is 4.51. The minimum absolute atomic E-state index is 0.161. The summed E-state index contributed by atoms with van der Waals surface area (Å²) in [5, 5.41) is 8.74. The average molecular weight is 348 g/mol. The molecule has 1 saturated carbocycles. The van der Waals surface area contributed by atoms with Crippen molar-refractivity contribution in [2.45, 2.75) is 44.4 Å². The van der Waals surface area contributed by atoms with Gasteiger partial charge in [-0.25, -0.2) is 9.87 Å². The van der Waals surface area contributed by atoms with E-state index in [1.165, 1.54) is 6.20 Å². The highest BCUT2D eigenvalue weighted by Gasteiger charge is 2.50. The van der Waals surface area contributed by atoms with E-state index in [4.69, 9.17) is 5.21 Å². The molecule has 0 bridgehead atoms. The molecular weight excluding hydrogens is 323 g/mol. The molecular formula is C18H25FN4O2. The number of piperidine rings is 1. The van der Waals surface area contributed by atoms with Crippen LogP contribution in [-0.2, 0) is 13.0 Å². The molecule has 2 aliphatic heterocycles. The van der Waals surface area contributed by atoms with E-state index in [1.54, 1.807) is 5.48 Å². The quantitative estimate of drug-likeness (QED) is 0.624. The summed E-state index contributed by atoms with van der Waals surface area (Å²) < 4.78 is 13.9. The molecule has 7 heteroatoms. The van der Waals surface area contributed by atoms with E-state index in [2.05, 4.69) is 14.8 Å². The lowest BCUT2D eigenvalue weighted by Gasteiger charge is -2.56. The second kappa shape index (κ2) is 6.30. The van der Waals surface area contributed by atoms with Crippen LogP contribution in [-0.4, -0.2) is 64.8 Å². The highest BCUT2D eigenvalue weighted by Crippen LogP contribution is 2.50. The lowest BCUT2D eigenvalue weighted by molar-refractivity contribution is -0.0710. The van der Waals surface area contributed by atoms with Gasteiger partial charge in [0.2, 0.25) is 0 Å². The third-order valence-corrected chi connectivity index (χ3v) is 6.07. The zero-order chi connectivity index (χ0) is 17.6. The molecule has 3 heterocycles. The van der Waals surface area contributed by atoms with Gasteiger partial charge in [-0.2, -0.15) is 0 Å². The van der Waals surface area contributed by atoms with Gasteiger partial charge in [-0.1, -0.05) is 0 Å². The molecule has 2 fully saturated rings. The monoisotopic (exact) mass is 348 g/mol. The van der Waals surface area contributed by atoms with Crippen LogP contribution < -0.4 is 5.48 Å². The third-order valence-electron chi connectivity index (χ3n) is 6.07. The van der Waals surface area contributed by atoms with E-state index in [0.29, 0.717) is 24.6 Å². The van der Waals surface area contributed by atoms with Gasteiger partial charge in [-0.15, -0.1) is 0 Å². The second-order valence-electron chi connectivity index (χ2n) is 8.05. The molecule has 0 aromatic carbocycles. The summed E-state index contributed by atoms with van der Waals surface area (Å²) in [6, 6.07) is 2.33. The van der Waals surface area contributed by atoms with Crippen LogP contribution in [0, 0.1) is 5.41 Å². The van der Waals surface area contributed by atoms with E-state index >= 15 is 0 Å². The Morgan fingerprint density at radius 3 is 2.96 bits per heavy atom. The molecule has 1 amide bonds. The molecule has 1 saturated heterocycles. The van der Waals surface area contributed by atoms with Crippen LogP contribution in [0.25, 0.3) is 0 Å². The first-order valence-electron chi connectivity index (χ1n) is 8.97. The van der Waals surface area contributed by atoms with Crippen LogP contribution in [0.2, 0.25) is 0 Å². The van der Waals surface area contributed by atoms with Gasteiger partial charge in [0, 0.05) is 38.4 Å². The maximum absolute atomic E-state index is 13.9. The number of halogens is 1. The minimum Gasteiger partial charge on any atom is -0.303 e. The third kappa shape index (κ3) is 3.16. The molecule has 6 nitrogen and oxygen atoms in total. The molecule has 1 aromatic heterocycles. The minimum atomic E-state index is -0.695. The lowest BCUT2D eigenvalue weighted by atomic mass is 9.60. The Hall–Kier alpha value is -1.57. The SMILES string of the molecule is CN1CC(F)CC2(CC(N3CCc4cc(C(=O)NO)cnc4C3)C2)C1. The lowest BCUT2D eigenvalue weighted by Crippen LogP contribution is -2.59. The van der Waals surface area contributed by atoms with E-state index < -0.39 is 12.1 Å². The second-order valence-corrected chi connectivity index (χ2v) is 8.05. The van der Waals surface area contributed by atoms with Gasteiger partial charge in [0.25, 0.3) is 5.91 Å². The van der Waals surface area contributed by atoms with Crippen LogP contribution >= 0.6 is 0 Å². The van der Waals surface area contributed by atoms with Crippen molar-refractivity contribution < 1.29 is 14.4 Å². The summed E-state index contributed by atoms with van der Waals surface area (Å²) in [6.45, 7) is 3.30. The van der Waals surface area contributed by atoms with Gasteiger partial charge >= 0.3 is 0 Å². The van der Waals surface area contributed by atoms with Crippen molar-refractivity contribution in [2.24, 2.45) is 5.41 Å². The fraction of sp³-hybridized carbons (Fsp3) is 0.667. The van der Waals surface area contributed by atoms with Gasteiger partial charge in [-0.05, 0) is 49.8 Å². The Bertz CT molecular complexity index is 665. The Kier molecular flexibility index (Phi) is 4.25. The van der Waals surface area contributed by atoms with Gasteiger partial charge in [-0.3, -0.25) is 19.9 Å². The molecule has 1 aliphatic carbocycles. The van der Waals surface area contributed by atoms with Crippen LogP contribution in [0.1, 0.15) is 40.9 Å². The Morgan fingerprint density at radius 2 is 2.24 bits per heavy atom. The number of pyridine rings is 1. The van der Waals surface area contributed by atoms with Crippen molar-refractivity contribution in [1.82, 2.24) is 20.3 Å². The van der Waals surface area contributed by atoms with Gasteiger partial charge in [0.15, 0.2) is 0 Å². The standard InChI is InChI=1S/C18H25FN4O2/c1-22-9-14(19)5-18(11-22)6-15(7-18)23-3-2-12-4-13(17(24)21-25)8-20-16(12)10-23/h4,8,14-15,25H,2-3,5-7,9-11H2,1H3,(H,21,24). The summed E-state index contributed by atoms with van der Waals surface area (Å²) in [5.41, 5.74) is 4.28. The molecule has 136 valence electrons. The smallest absolute Gasteiger partial charge is 0.276 e. The number of likely N-dealkylation sites (tertiary alicyclic amines) is 1. The number of carbonyl (C=O) groups is 1. The number of hydroxylamine groups is 1. The Morgan fingerprint density at radius 1 is 1.44 bits per heavy atom. The van der Waals surface area contributed by atoms with Gasteiger partial charge in [0.05, 0.1) is 11.3 Å². The molecule has 1 spiro atoms. The fourth-order valence-corrected chi connectivity index (χ4v) is 5.00. The number of nitrogens with one attached hydrogen (secondary N) is 1. The zero-order valence-corrected chi connectivity index (χ0v) is 14.5. The number of hydrogen-bond donors (Lipinski definition) is 2. The number of hydrogen-bond acceptors (Lipinski definition) is 5. The summed E-state index contributed by atoms with van der Waals surface area (Å²) >= 11 is 0. The number of nitrogens with zero attached hydrogens (tertiary/aromatic N) is 3. The molecule has 25 heavy (non-hydrogen) atoms. The first-order chi connectivity index (χ1) is 12.0. The van der Waals surface area contributed by atoms with Crippen LogP contribution in [0.4, 0.5) is 4.39 Å². The number of alkyl halides is 1. The van der Waals surface area contributed by atoms with E-state index in [1.807, 2.05) is 13.1 Å². The normalized spacial score (nSPS) is 32.9. The first kappa shape index (κ1) is 16.9. The van der Waals surface area contributed by atoms with Crippen molar-refractivity contribution in [3.05, 3.63) is 29.1 Å². The molecule has 2 N–H and O–H groups in total. The van der Waals surface area contributed by atoms with E-state index in [9.17, 15) is 9.18 Å². The van der Waals surface area contributed by atoms with Crippen LogP contribution in [0.3, 0.4) is 0 Å². The molecule has 1 atom stereocenters. The van der Waals surface area contributed by atoms with Crippen molar-refractivity contribution in [3.8, 4) is 0 Å². The zero-order valence-electron chi connectivity index (χ0n) is 14.5. The molecule has 1 unspecified atom stereocenters. The maximum Gasteiger partial charge on any atom is 0.276 e. The summed E-state index contributed by atoms with van der Waals surface area (Å²) in [7, 11) is 2.02. The number of aromatic nitrogens is 1. The summed E-state index contributed by atoms with van der Waals surface area (Å²) in [5.74, 6) is -0.527. The number of amides is 1. The first-order valence-corrected chi connectivity index (χ1v) is 8.97. The molecule has 1 aromatic rings. The molecule has 0 radical (unpaired) electrons. The number of carbonyl (C=O) groups excluding carboxylic acids is 1. The molecule has 4 rings (SSSR count). The van der Waals surface area contributed by atoms with Crippen molar-refractivity contribution in [3.63, 3.8) is 0 Å². The topological polar surface area (TPSA) is 68.7 Å². The Balaban J connectivity index is 1.40. The highest BCUT2D eigenvalue weighted by atomic mass is 19.1. The predicted octanol–water partition coefficient (Wildman–Crippen LogP) is 1.38. The van der Waals surface area contributed by atoms with E-state index in [0.717, 1.165) is 50.2 Å². The van der Waals surface area contributed by atoms with Crippen molar-refractivity contribution >= 4 is 5.91 Å². The van der Waals surface area contributed by atoms with E-state index in [-0.39, 0.29) is 5.41 Å².